The van der Waals surface area contributed by atoms with Crippen LogP contribution in [0.4, 0.5) is 11.4 Å². The first-order valence-electron chi connectivity index (χ1n) is 12.6. The summed E-state index contributed by atoms with van der Waals surface area (Å²) in [4.78, 5) is 0. The summed E-state index contributed by atoms with van der Waals surface area (Å²) < 4.78 is 12.3. The van der Waals surface area contributed by atoms with Crippen molar-refractivity contribution in [1.29, 1.82) is 0 Å². The lowest BCUT2D eigenvalue weighted by molar-refractivity contribution is 0.234. The highest BCUT2D eigenvalue weighted by Crippen LogP contribution is 2.34. The van der Waals surface area contributed by atoms with Crippen LogP contribution in [-0.4, -0.2) is 13.2 Å². The lowest BCUT2D eigenvalue weighted by Gasteiger charge is -2.18. The van der Waals surface area contributed by atoms with Crippen molar-refractivity contribution in [1.82, 2.24) is 0 Å². The zero-order valence-electron chi connectivity index (χ0n) is 20.7. The Kier molecular flexibility index (Phi) is 11.3. The summed E-state index contributed by atoms with van der Waals surface area (Å²) in [7, 11) is 0. The quantitative estimate of drug-likeness (QED) is 0.278. The van der Waals surface area contributed by atoms with E-state index in [0.717, 1.165) is 35.5 Å². The van der Waals surface area contributed by atoms with Crippen molar-refractivity contribution in [2.75, 3.05) is 24.7 Å². The Morgan fingerprint density at radius 3 is 1.41 bits per heavy atom. The molecule has 2 aromatic carbocycles. The van der Waals surface area contributed by atoms with Gasteiger partial charge in [0.2, 0.25) is 0 Å². The number of nitrogens with two attached hydrogens (primary N) is 2. The molecule has 0 radical (unpaired) electrons. The van der Waals surface area contributed by atoms with Crippen LogP contribution < -0.4 is 20.9 Å². The van der Waals surface area contributed by atoms with Gasteiger partial charge in [0.05, 0.1) is 24.6 Å². The van der Waals surface area contributed by atoms with Gasteiger partial charge in [-0.15, -0.1) is 0 Å². The molecule has 0 fully saturated rings. The number of unbranched alkanes of at least 4 members (excludes halogenated alkanes) is 2. The number of hydrogen-bond donors (Lipinski definition) is 2. The Morgan fingerprint density at radius 1 is 0.656 bits per heavy atom. The predicted octanol–water partition coefficient (Wildman–Crippen LogP) is 7.71. The number of hydrogen-bond acceptors (Lipinski definition) is 4. The molecule has 0 aromatic heterocycles. The van der Waals surface area contributed by atoms with Crippen molar-refractivity contribution in [2.24, 2.45) is 11.8 Å². The lowest BCUT2D eigenvalue weighted by Crippen LogP contribution is -2.12. The Bertz CT molecular complexity index is 739. The van der Waals surface area contributed by atoms with E-state index >= 15 is 0 Å². The van der Waals surface area contributed by atoms with Crippen LogP contribution in [0.5, 0.6) is 11.5 Å². The first-order chi connectivity index (χ1) is 15.5. The van der Waals surface area contributed by atoms with Crippen LogP contribution >= 0.6 is 0 Å². The second kappa shape index (κ2) is 13.9. The molecule has 0 aliphatic carbocycles. The summed E-state index contributed by atoms with van der Waals surface area (Å²) in [6, 6.07) is 12.0. The molecule has 4 nitrogen and oxygen atoms in total. The molecular formula is C28H44N2O2. The number of nitrogen functional groups attached to an aromatic ring is 2. The van der Waals surface area contributed by atoms with E-state index in [-0.39, 0.29) is 0 Å². The Hall–Kier alpha value is -2.36. The molecule has 0 saturated heterocycles. The van der Waals surface area contributed by atoms with E-state index in [1.807, 2.05) is 36.4 Å². The van der Waals surface area contributed by atoms with Crippen LogP contribution in [0.2, 0.25) is 0 Å². The van der Waals surface area contributed by atoms with Gasteiger partial charge in [-0.2, -0.15) is 0 Å². The van der Waals surface area contributed by atoms with Gasteiger partial charge >= 0.3 is 0 Å². The largest absolute Gasteiger partial charge is 0.491 e. The molecule has 0 aliphatic rings. The van der Waals surface area contributed by atoms with Gasteiger partial charge in [0.25, 0.3) is 0 Å². The zero-order valence-corrected chi connectivity index (χ0v) is 20.7. The third kappa shape index (κ3) is 7.96. The second-order valence-electron chi connectivity index (χ2n) is 8.96. The Labute approximate surface area is 195 Å². The highest BCUT2D eigenvalue weighted by molar-refractivity contribution is 5.73. The molecule has 2 unspecified atom stereocenters. The van der Waals surface area contributed by atoms with Gasteiger partial charge in [-0.1, -0.05) is 78.4 Å². The van der Waals surface area contributed by atoms with Crippen LogP contribution in [0.3, 0.4) is 0 Å². The fourth-order valence-corrected chi connectivity index (χ4v) is 3.89. The van der Waals surface area contributed by atoms with Crippen molar-refractivity contribution >= 4 is 11.4 Å². The Balaban J connectivity index is 2.12. The molecule has 0 bridgehead atoms. The van der Waals surface area contributed by atoms with Gasteiger partial charge in [0.15, 0.2) is 0 Å². The third-order valence-electron chi connectivity index (χ3n) is 6.40. The second-order valence-corrected chi connectivity index (χ2v) is 8.96. The van der Waals surface area contributed by atoms with E-state index in [4.69, 9.17) is 20.9 Å². The highest BCUT2D eigenvalue weighted by atomic mass is 16.5. The third-order valence-corrected chi connectivity index (χ3v) is 6.40. The minimum Gasteiger partial charge on any atom is -0.491 e. The molecule has 32 heavy (non-hydrogen) atoms. The average molecular weight is 441 g/mol. The summed E-state index contributed by atoms with van der Waals surface area (Å²) in [5.41, 5.74) is 15.9. The van der Waals surface area contributed by atoms with Crippen molar-refractivity contribution in [3.63, 3.8) is 0 Å². The number of rotatable bonds is 15. The van der Waals surface area contributed by atoms with Gasteiger partial charge < -0.3 is 20.9 Å². The number of anilines is 2. The van der Waals surface area contributed by atoms with E-state index in [1.54, 1.807) is 0 Å². The maximum Gasteiger partial charge on any atom is 0.142 e. The maximum atomic E-state index is 6.22. The van der Waals surface area contributed by atoms with Crippen LogP contribution in [0, 0.1) is 11.8 Å². The monoisotopic (exact) mass is 440 g/mol. The van der Waals surface area contributed by atoms with Crippen LogP contribution in [-0.2, 0) is 0 Å². The standard InChI is InChI=1S/C28H44N2O2/c1-5-9-11-21(7-3)19-31-27-17-23(13-15-25(27)29)24-14-16-26(30)28(18-24)32-20-22(8-4)12-10-6-2/h13-18,21-22H,5-12,19-20,29-30H2,1-4H3. The SMILES string of the molecule is CCCCC(CC)COc1cc(-c2ccc(N)c(OCC(CC)CCCC)c2)ccc1N. The molecule has 2 rings (SSSR count). The molecule has 2 atom stereocenters. The molecule has 0 amide bonds. The average Bonchev–Trinajstić information content (AvgIpc) is 2.81. The van der Waals surface area contributed by atoms with Gasteiger partial charge in [0.1, 0.15) is 11.5 Å². The molecule has 0 saturated carbocycles. The molecule has 0 aliphatic heterocycles. The minimum absolute atomic E-state index is 0.564. The summed E-state index contributed by atoms with van der Waals surface area (Å²) in [5.74, 6) is 2.63. The van der Waals surface area contributed by atoms with Crippen molar-refractivity contribution < 1.29 is 9.47 Å². The van der Waals surface area contributed by atoms with E-state index in [9.17, 15) is 0 Å². The van der Waals surface area contributed by atoms with Crippen LogP contribution in [0.15, 0.2) is 36.4 Å². The number of benzene rings is 2. The molecule has 4 heteroatoms. The van der Waals surface area contributed by atoms with Crippen molar-refractivity contribution in [3.8, 4) is 22.6 Å². The fraction of sp³-hybridized carbons (Fsp3) is 0.571. The molecule has 0 heterocycles. The van der Waals surface area contributed by atoms with E-state index in [1.165, 1.54) is 38.5 Å². The normalized spacial score (nSPS) is 13.0. The first-order valence-corrected chi connectivity index (χ1v) is 12.6. The van der Waals surface area contributed by atoms with E-state index in [0.29, 0.717) is 36.4 Å². The van der Waals surface area contributed by atoms with E-state index in [2.05, 4.69) is 27.7 Å². The van der Waals surface area contributed by atoms with Gasteiger partial charge in [0, 0.05) is 0 Å². The predicted molar refractivity (Wildman–Crippen MR) is 138 cm³/mol. The minimum atomic E-state index is 0.564. The highest BCUT2D eigenvalue weighted by Gasteiger charge is 2.12. The molecule has 0 spiro atoms. The van der Waals surface area contributed by atoms with Crippen LogP contribution in [0.1, 0.15) is 79.1 Å². The number of ether oxygens (including phenoxy) is 2. The smallest absolute Gasteiger partial charge is 0.142 e. The first kappa shape index (κ1) is 25.9. The molecular weight excluding hydrogens is 396 g/mol. The molecule has 178 valence electrons. The van der Waals surface area contributed by atoms with Gasteiger partial charge in [-0.05, 0) is 60.1 Å². The maximum absolute atomic E-state index is 6.22. The summed E-state index contributed by atoms with van der Waals surface area (Å²) in [6.07, 6.45) is 9.54. The summed E-state index contributed by atoms with van der Waals surface area (Å²) >= 11 is 0. The molecule has 2 aromatic rings. The van der Waals surface area contributed by atoms with Crippen LogP contribution in [0.25, 0.3) is 11.1 Å². The summed E-state index contributed by atoms with van der Waals surface area (Å²) in [5, 5.41) is 0. The molecule has 4 N–H and O–H groups in total. The topological polar surface area (TPSA) is 70.5 Å². The van der Waals surface area contributed by atoms with Crippen molar-refractivity contribution in [2.45, 2.75) is 79.1 Å². The fourth-order valence-electron chi connectivity index (χ4n) is 3.89. The van der Waals surface area contributed by atoms with Crippen molar-refractivity contribution in [3.05, 3.63) is 36.4 Å². The summed E-state index contributed by atoms with van der Waals surface area (Å²) in [6.45, 7) is 10.3. The zero-order chi connectivity index (χ0) is 23.3. The van der Waals surface area contributed by atoms with Gasteiger partial charge in [-0.25, -0.2) is 0 Å². The van der Waals surface area contributed by atoms with Gasteiger partial charge in [-0.3, -0.25) is 0 Å². The van der Waals surface area contributed by atoms with E-state index < -0.39 is 0 Å². The lowest BCUT2D eigenvalue weighted by atomic mass is 10.00. The Morgan fingerprint density at radius 2 is 1.06 bits per heavy atom.